The number of nitrogen functional groups attached to an aromatic ring is 2. The fraction of sp³-hybridized carbons (Fsp3) is 0.174. The second-order valence-corrected chi connectivity index (χ2v) is 15.1. The van der Waals surface area contributed by atoms with Gasteiger partial charge in [0.15, 0.2) is 0 Å². The number of halogens is 3. The molecule has 4 aromatic heterocycles. The van der Waals surface area contributed by atoms with E-state index in [1.165, 1.54) is 24.3 Å². The van der Waals surface area contributed by atoms with Gasteiger partial charge in [-0.2, -0.15) is 9.97 Å². The van der Waals surface area contributed by atoms with E-state index in [2.05, 4.69) is 50.3 Å². The van der Waals surface area contributed by atoms with Crippen molar-refractivity contribution in [1.29, 1.82) is 0 Å². The average molecular weight is 867 g/mol. The highest BCUT2D eigenvalue weighted by Gasteiger charge is 2.17. The molecule has 0 amide bonds. The average Bonchev–Trinajstić information content (AvgIpc) is 3.31. The summed E-state index contributed by atoms with van der Waals surface area (Å²) >= 11 is 6.10. The van der Waals surface area contributed by atoms with Crippen molar-refractivity contribution in [2.24, 2.45) is 0 Å². The highest BCUT2D eigenvalue weighted by atomic mass is 35.5. The summed E-state index contributed by atoms with van der Waals surface area (Å²) in [5, 5.41) is 8.10. The van der Waals surface area contributed by atoms with Crippen molar-refractivity contribution in [3.05, 3.63) is 132 Å². The van der Waals surface area contributed by atoms with Crippen molar-refractivity contribution in [3.8, 4) is 22.3 Å². The monoisotopic (exact) mass is 866 g/mol. The zero-order valence-corrected chi connectivity index (χ0v) is 34.6. The standard InChI is InChI=1S/C23H20ClFN6O.C23H21FN6O/c24-14-4-6-19(25)18(12-14)16-2-1-3-17-21(16)29-23(30-22(17)26)28-15-5-7-20(27-13-15)31-8-10-32-11-9-31;24-16-4-1-3-15(13-16)18-5-2-6-19-21(18)28-23(29-22(19)25)27-17-7-8-20(26-14-17)30-9-11-31-12-10-30/h1-7,12-13H,8-11H2,(H3,26,28,29,30);1-8,13-14H,9-12H2,(H3,25,27,28,29). The van der Waals surface area contributed by atoms with E-state index >= 15 is 0 Å². The minimum Gasteiger partial charge on any atom is -0.383 e. The number of nitrogens with zero attached hydrogens (tertiary/aromatic N) is 8. The van der Waals surface area contributed by atoms with Crippen LogP contribution in [0.15, 0.2) is 116 Å². The van der Waals surface area contributed by atoms with Crippen molar-refractivity contribution in [2.75, 3.05) is 84.5 Å². The van der Waals surface area contributed by atoms with E-state index in [4.69, 9.17) is 32.5 Å². The highest BCUT2D eigenvalue weighted by Crippen LogP contribution is 2.35. The Morgan fingerprint density at radius 1 is 0.556 bits per heavy atom. The third kappa shape index (κ3) is 9.33. The molecule has 0 unspecified atom stereocenters. The van der Waals surface area contributed by atoms with Crippen LogP contribution in [0.1, 0.15) is 0 Å². The molecule has 0 spiro atoms. The van der Waals surface area contributed by atoms with Crippen LogP contribution in [0.2, 0.25) is 5.02 Å². The maximum atomic E-state index is 14.6. The van der Waals surface area contributed by atoms with Crippen molar-refractivity contribution in [1.82, 2.24) is 29.9 Å². The largest absolute Gasteiger partial charge is 0.383 e. The van der Waals surface area contributed by atoms with E-state index in [1.807, 2.05) is 48.5 Å². The molecule has 2 saturated heterocycles. The van der Waals surface area contributed by atoms with Gasteiger partial charge in [0.25, 0.3) is 0 Å². The summed E-state index contributed by atoms with van der Waals surface area (Å²) in [6, 6.07) is 29.6. The number of hydrogen-bond acceptors (Lipinski definition) is 14. The lowest BCUT2D eigenvalue weighted by atomic mass is 10.0. The molecule has 318 valence electrons. The van der Waals surface area contributed by atoms with Crippen molar-refractivity contribution in [3.63, 3.8) is 0 Å². The van der Waals surface area contributed by atoms with Crippen LogP contribution in [0.3, 0.4) is 0 Å². The van der Waals surface area contributed by atoms with E-state index in [9.17, 15) is 8.78 Å². The number of fused-ring (bicyclic) bond motifs is 2. The number of benzene rings is 4. The molecule has 2 fully saturated rings. The normalized spacial score (nSPS) is 14.0. The Morgan fingerprint density at radius 2 is 1.08 bits per heavy atom. The van der Waals surface area contributed by atoms with Crippen LogP contribution >= 0.6 is 11.6 Å². The number of nitrogens with one attached hydrogen (secondary N) is 2. The van der Waals surface area contributed by atoms with Gasteiger partial charge in [-0.05, 0) is 72.3 Å². The molecule has 63 heavy (non-hydrogen) atoms. The molecule has 0 radical (unpaired) electrons. The molecule has 17 heteroatoms. The van der Waals surface area contributed by atoms with Gasteiger partial charge in [-0.15, -0.1) is 0 Å². The molecule has 2 aliphatic heterocycles. The second-order valence-electron chi connectivity index (χ2n) is 14.7. The van der Waals surface area contributed by atoms with E-state index in [-0.39, 0.29) is 5.82 Å². The van der Waals surface area contributed by atoms with Gasteiger partial charge in [0.2, 0.25) is 11.9 Å². The molecule has 0 saturated carbocycles. The maximum Gasteiger partial charge on any atom is 0.229 e. The molecule has 8 aromatic rings. The summed E-state index contributed by atoms with van der Waals surface area (Å²) in [4.78, 5) is 31.5. The molecule has 0 aliphatic carbocycles. The lowest BCUT2D eigenvalue weighted by molar-refractivity contribution is 0.122. The van der Waals surface area contributed by atoms with Gasteiger partial charge in [0, 0.05) is 58.7 Å². The minimum atomic E-state index is -0.392. The Hall–Kier alpha value is -7.27. The van der Waals surface area contributed by atoms with Gasteiger partial charge in [0.1, 0.15) is 34.9 Å². The van der Waals surface area contributed by atoms with Crippen LogP contribution in [0, 0.1) is 11.6 Å². The Morgan fingerprint density at radius 3 is 1.60 bits per heavy atom. The summed E-state index contributed by atoms with van der Waals surface area (Å²) in [5.41, 5.74) is 17.5. The maximum absolute atomic E-state index is 14.6. The topological polar surface area (TPSA) is 178 Å². The van der Waals surface area contributed by atoms with Gasteiger partial charge < -0.3 is 41.4 Å². The molecule has 10 rings (SSSR count). The lowest BCUT2D eigenvalue weighted by Crippen LogP contribution is -2.36. The zero-order valence-electron chi connectivity index (χ0n) is 33.8. The van der Waals surface area contributed by atoms with Crippen LogP contribution in [-0.2, 0) is 9.47 Å². The van der Waals surface area contributed by atoms with Gasteiger partial charge >= 0.3 is 0 Å². The van der Waals surface area contributed by atoms with Gasteiger partial charge in [-0.3, -0.25) is 0 Å². The zero-order chi connectivity index (χ0) is 43.3. The van der Waals surface area contributed by atoms with Gasteiger partial charge in [-0.25, -0.2) is 28.7 Å². The first-order valence-electron chi connectivity index (χ1n) is 20.2. The number of anilines is 8. The molecule has 6 heterocycles. The summed E-state index contributed by atoms with van der Waals surface area (Å²) in [7, 11) is 0. The van der Waals surface area contributed by atoms with E-state index < -0.39 is 5.82 Å². The summed E-state index contributed by atoms with van der Waals surface area (Å²) in [5.74, 6) is 2.39. The number of hydrogen-bond donors (Lipinski definition) is 4. The van der Waals surface area contributed by atoms with Crippen molar-refractivity contribution >= 4 is 79.9 Å². The SMILES string of the molecule is Nc1nc(Nc2ccc(N3CCOCC3)nc2)nc2c(-c3cc(Cl)ccc3F)cccc12.Nc1nc(Nc2ccc(N3CCOCC3)nc2)nc2c(-c3cccc(F)c3)cccc12. The molecule has 4 aromatic carbocycles. The minimum absolute atomic E-state index is 0.291. The number of para-hydroxylation sites is 2. The first kappa shape index (κ1) is 41.1. The molecule has 0 atom stereocenters. The number of aromatic nitrogens is 6. The van der Waals surface area contributed by atoms with Gasteiger partial charge in [-0.1, -0.05) is 48.0 Å². The smallest absolute Gasteiger partial charge is 0.229 e. The van der Waals surface area contributed by atoms with E-state index in [0.717, 1.165) is 54.6 Å². The first-order valence-corrected chi connectivity index (χ1v) is 20.6. The molecular formula is C46H41ClF2N12O2. The quantitative estimate of drug-likeness (QED) is 0.114. The third-order valence-corrected chi connectivity index (χ3v) is 10.8. The molecule has 6 N–H and O–H groups in total. The molecule has 14 nitrogen and oxygen atoms in total. The van der Waals surface area contributed by atoms with Crippen LogP contribution in [-0.4, -0.2) is 82.5 Å². The van der Waals surface area contributed by atoms with Crippen LogP contribution < -0.4 is 31.9 Å². The van der Waals surface area contributed by atoms with Crippen LogP contribution in [0.25, 0.3) is 44.1 Å². The van der Waals surface area contributed by atoms with Crippen LogP contribution in [0.5, 0.6) is 0 Å². The number of ether oxygens (including phenoxy) is 2. The third-order valence-electron chi connectivity index (χ3n) is 10.5. The van der Waals surface area contributed by atoms with Gasteiger partial charge in [0.05, 0.1) is 61.2 Å². The number of rotatable bonds is 8. The molecule has 2 aliphatic rings. The highest BCUT2D eigenvalue weighted by molar-refractivity contribution is 6.31. The summed E-state index contributed by atoms with van der Waals surface area (Å²) in [6.45, 7) is 6.09. The number of pyridine rings is 2. The van der Waals surface area contributed by atoms with E-state index in [0.29, 0.717) is 93.6 Å². The van der Waals surface area contributed by atoms with Crippen molar-refractivity contribution < 1.29 is 18.3 Å². The van der Waals surface area contributed by atoms with Crippen LogP contribution in [0.4, 0.5) is 55.3 Å². The lowest BCUT2D eigenvalue weighted by Gasteiger charge is -2.27. The first-order chi connectivity index (χ1) is 30.8. The Labute approximate surface area is 365 Å². The fourth-order valence-electron chi connectivity index (χ4n) is 7.41. The Balaban J connectivity index is 0.000000160. The Kier molecular flexibility index (Phi) is 12.0. The molecular weight excluding hydrogens is 826 g/mol. The summed E-state index contributed by atoms with van der Waals surface area (Å²) in [6.07, 6.45) is 3.46. The number of nitrogens with two attached hydrogens (primary N) is 2. The predicted octanol–water partition coefficient (Wildman–Crippen LogP) is 8.64. The molecule has 0 bridgehead atoms. The second kappa shape index (κ2) is 18.4. The summed E-state index contributed by atoms with van der Waals surface area (Å²) < 4.78 is 39.1. The fourth-order valence-corrected chi connectivity index (χ4v) is 7.58. The Bertz CT molecular complexity index is 2900. The number of morpholine rings is 2. The predicted molar refractivity (Wildman–Crippen MR) is 245 cm³/mol. The van der Waals surface area contributed by atoms with Crippen molar-refractivity contribution in [2.45, 2.75) is 0 Å². The van der Waals surface area contributed by atoms with E-state index in [1.54, 1.807) is 42.7 Å².